The van der Waals surface area contributed by atoms with E-state index in [4.69, 9.17) is 9.47 Å². The van der Waals surface area contributed by atoms with Crippen LogP contribution in [0.4, 0.5) is 0 Å². The molecule has 0 radical (unpaired) electrons. The molecule has 4 heteroatoms. The minimum absolute atomic E-state index is 0.117. The zero-order valence-corrected chi connectivity index (χ0v) is 18.4. The number of rotatable bonds is 5. The Morgan fingerprint density at radius 3 is 1.81 bits per heavy atom. The lowest BCUT2D eigenvalue weighted by Crippen LogP contribution is -2.27. The summed E-state index contributed by atoms with van der Waals surface area (Å²) in [5, 5.41) is 0. The third kappa shape index (κ3) is 8.59. The van der Waals surface area contributed by atoms with Crippen LogP contribution in [0.3, 0.4) is 0 Å². The van der Waals surface area contributed by atoms with Crippen molar-refractivity contribution in [3.63, 3.8) is 0 Å². The second-order valence-corrected chi connectivity index (χ2v) is 10.5. The van der Waals surface area contributed by atoms with E-state index in [1.165, 1.54) is 5.56 Å². The van der Waals surface area contributed by atoms with Gasteiger partial charge in [0.25, 0.3) is 0 Å². The highest BCUT2D eigenvalue weighted by atomic mass is 16.6. The summed E-state index contributed by atoms with van der Waals surface area (Å²) >= 11 is 0. The molecule has 0 spiro atoms. The summed E-state index contributed by atoms with van der Waals surface area (Å²) in [4.78, 5) is 23.9. The molecule has 0 aromatic heterocycles. The van der Waals surface area contributed by atoms with Crippen LogP contribution in [0.2, 0.25) is 0 Å². The minimum atomic E-state index is -0.597. The number of benzene rings is 1. The van der Waals surface area contributed by atoms with Gasteiger partial charge < -0.3 is 9.47 Å². The Labute approximate surface area is 164 Å². The van der Waals surface area contributed by atoms with Crippen molar-refractivity contribution in [3.8, 4) is 0 Å². The Hall–Kier alpha value is -1.84. The van der Waals surface area contributed by atoms with Crippen LogP contribution in [0.25, 0.3) is 0 Å². The fraction of sp³-hybridized carbons (Fsp3) is 0.652. The predicted molar refractivity (Wildman–Crippen MR) is 109 cm³/mol. The molecule has 0 aliphatic rings. The summed E-state index contributed by atoms with van der Waals surface area (Å²) in [5.74, 6) is -0.690. The predicted octanol–water partition coefficient (Wildman–Crippen LogP) is 5.75. The lowest BCUT2D eigenvalue weighted by Gasteiger charge is -2.36. The van der Waals surface area contributed by atoms with Crippen molar-refractivity contribution in [2.24, 2.45) is 10.8 Å². The molecule has 152 valence electrons. The van der Waals surface area contributed by atoms with E-state index < -0.39 is 17.5 Å². The number of esters is 2. The van der Waals surface area contributed by atoms with Gasteiger partial charge in [0, 0.05) is 0 Å². The van der Waals surface area contributed by atoms with Gasteiger partial charge >= 0.3 is 11.9 Å². The van der Waals surface area contributed by atoms with Gasteiger partial charge in [-0.3, -0.25) is 0 Å². The van der Waals surface area contributed by atoms with Gasteiger partial charge in [-0.2, -0.15) is 0 Å². The first kappa shape index (κ1) is 23.2. The van der Waals surface area contributed by atoms with Crippen molar-refractivity contribution in [1.29, 1.82) is 0 Å². The van der Waals surface area contributed by atoms with Crippen molar-refractivity contribution in [2.45, 2.75) is 80.3 Å². The van der Waals surface area contributed by atoms with Crippen LogP contribution in [0, 0.1) is 10.8 Å². The molecule has 0 N–H and O–H groups in total. The molecule has 1 atom stereocenters. The summed E-state index contributed by atoms with van der Waals surface area (Å²) in [7, 11) is 0. The number of hydrogen-bond donors (Lipinski definition) is 0. The summed E-state index contributed by atoms with van der Waals surface area (Å²) in [5.41, 5.74) is 1.38. The lowest BCUT2D eigenvalue weighted by molar-refractivity contribution is -0.158. The molecule has 0 heterocycles. The van der Waals surface area contributed by atoms with Crippen LogP contribution >= 0.6 is 0 Å². The Kier molecular flexibility index (Phi) is 7.26. The van der Waals surface area contributed by atoms with Gasteiger partial charge in [0.2, 0.25) is 0 Å². The molecule has 0 amide bonds. The number of carbonyl (C=O) groups excluding carboxylic acids is 2. The molecular weight excluding hydrogens is 340 g/mol. The molecule has 1 rings (SSSR count). The SMILES string of the molecule is CC(C)(C)CC(c1ccc(C(=O)OCC(=O)OC(C)(C)C)cc1)C(C)(C)C. The maximum Gasteiger partial charge on any atom is 0.344 e. The van der Waals surface area contributed by atoms with Crippen LogP contribution in [0.15, 0.2) is 24.3 Å². The first-order valence-electron chi connectivity index (χ1n) is 9.57. The highest BCUT2D eigenvalue weighted by Crippen LogP contribution is 2.43. The van der Waals surface area contributed by atoms with Crippen LogP contribution in [-0.4, -0.2) is 24.1 Å². The van der Waals surface area contributed by atoms with Crippen LogP contribution in [0.5, 0.6) is 0 Å². The fourth-order valence-electron chi connectivity index (χ4n) is 2.97. The van der Waals surface area contributed by atoms with E-state index in [9.17, 15) is 9.59 Å². The van der Waals surface area contributed by atoms with Gasteiger partial charge in [-0.05, 0) is 61.6 Å². The highest BCUT2D eigenvalue weighted by molar-refractivity contribution is 5.90. The average molecular weight is 377 g/mol. The maximum absolute atomic E-state index is 12.2. The van der Waals surface area contributed by atoms with Crippen molar-refractivity contribution in [1.82, 2.24) is 0 Å². The molecule has 1 aromatic rings. The van der Waals surface area contributed by atoms with E-state index in [-0.39, 0.29) is 17.4 Å². The maximum atomic E-state index is 12.2. The number of carbonyl (C=O) groups is 2. The second kappa shape index (κ2) is 8.45. The molecule has 27 heavy (non-hydrogen) atoms. The Morgan fingerprint density at radius 1 is 0.889 bits per heavy atom. The third-order valence-electron chi connectivity index (χ3n) is 4.15. The molecule has 1 aromatic carbocycles. The fourth-order valence-corrected chi connectivity index (χ4v) is 2.97. The summed E-state index contributed by atoms with van der Waals surface area (Å²) < 4.78 is 10.2. The Morgan fingerprint density at radius 2 is 1.41 bits per heavy atom. The quantitative estimate of drug-likeness (QED) is 0.614. The van der Waals surface area contributed by atoms with E-state index in [1.54, 1.807) is 32.9 Å². The van der Waals surface area contributed by atoms with Gasteiger partial charge in [-0.1, -0.05) is 53.7 Å². The summed E-state index contributed by atoms with van der Waals surface area (Å²) in [6.45, 7) is 18.4. The average Bonchev–Trinajstić information content (AvgIpc) is 2.47. The van der Waals surface area contributed by atoms with Gasteiger partial charge in [0.1, 0.15) is 5.60 Å². The van der Waals surface area contributed by atoms with E-state index in [2.05, 4.69) is 41.5 Å². The largest absolute Gasteiger partial charge is 0.457 e. The molecule has 0 saturated heterocycles. The van der Waals surface area contributed by atoms with E-state index in [1.807, 2.05) is 12.1 Å². The normalized spacial score (nSPS) is 13.8. The third-order valence-corrected chi connectivity index (χ3v) is 4.15. The molecular formula is C23H36O4. The number of ether oxygens (including phenoxy) is 2. The first-order valence-corrected chi connectivity index (χ1v) is 9.57. The van der Waals surface area contributed by atoms with Crippen molar-refractivity contribution in [2.75, 3.05) is 6.61 Å². The monoisotopic (exact) mass is 376 g/mol. The van der Waals surface area contributed by atoms with Gasteiger partial charge in [0.15, 0.2) is 6.61 Å². The van der Waals surface area contributed by atoms with Crippen LogP contribution < -0.4 is 0 Å². The molecule has 0 aliphatic heterocycles. The van der Waals surface area contributed by atoms with Crippen molar-refractivity contribution >= 4 is 11.9 Å². The molecule has 0 aliphatic carbocycles. The zero-order chi connectivity index (χ0) is 21.0. The minimum Gasteiger partial charge on any atom is -0.457 e. The second-order valence-electron chi connectivity index (χ2n) is 10.5. The van der Waals surface area contributed by atoms with E-state index in [0.717, 1.165) is 6.42 Å². The van der Waals surface area contributed by atoms with Crippen molar-refractivity contribution < 1.29 is 19.1 Å². The lowest BCUT2D eigenvalue weighted by atomic mass is 9.69. The summed E-state index contributed by atoms with van der Waals surface area (Å²) in [6.07, 6.45) is 1.05. The molecule has 0 bridgehead atoms. The van der Waals surface area contributed by atoms with Crippen molar-refractivity contribution in [3.05, 3.63) is 35.4 Å². The molecule has 0 saturated carbocycles. The van der Waals surface area contributed by atoms with E-state index >= 15 is 0 Å². The molecule has 0 fully saturated rings. The zero-order valence-electron chi connectivity index (χ0n) is 18.4. The standard InChI is InChI=1S/C23H36O4/c1-21(2,3)14-18(22(4,5)6)16-10-12-17(13-11-16)20(25)26-15-19(24)27-23(7,8)9/h10-13,18H,14-15H2,1-9H3. The Balaban J connectivity index is 2.82. The smallest absolute Gasteiger partial charge is 0.344 e. The number of hydrogen-bond acceptors (Lipinski definition) is 4. The Bertz CT molecular complexity index is 637. The van der Waals surface area contributed by atoms with Gasteiger partial charge in [-0.15, -0.1) is 0 Å². The topological polar surface area (TPSA) is 52.6 Å². The molecule has 4 nitrogen and oxygen atoms in total. The molecule has 1 unspecified atom stereocenters. The van der Waals surface area contributed by atoms with Gasteiger partial charge in [0.05, 0.1) is 5.56 Å². The first-order chi connectivity index (χ1) is 12.1. The highest BCUT2D eigenvalue weighted by Gasteiger charge is 2.30. The van der Waals surface area contributed by atoms with Crippen LogP contribution in [-0.2, 0) is 14.3 Å². The van der Waals surface area contributed by atoms with Crippen LogP contribution in [0.1, 0.15) is 90.6 Å². The van der Waals surface area contributed by atoms with Gasteiger partial charge in [-0.25, -0.2) is 9.59 Å². The summed E-state index contributed by atoms with van der Waals surface area (Å²) in [6, 6.07) is 7.53. The van der Waals surface area contributed by atoms with E-state index in [0.29, 0.717) is 11.5 Å².